The van der Waals surface area contributed by atoms with Crippen molar-refractivity contribution in [2.45, 2.75) is 49.5 Å². The Morgan fingerprint density at radius 2 is 1.60 bits per heavy atom. The minimum absolute atomic E-state index is 0. The zero-order chi connectivity index (χ0) is 8.32. The molecule has 1 aliphatic carbocycles. The number of rotatable bonds is 1. The maximum atomic E-state index is 3.02. The predicted octanol–water partition coefficient (Wildman–Crippen LogP) is 4.81. The van der Waals surface area contributed by atoms with Gasteiger partial charge in [0.2, 0.25) is 0 Å². The van der Waals surface area contributed by atoms with Crippen LogP contribution in [-0.2, 0) is 0 Å². The van der Waals surface area contributed by atoms with Crippen molar-refractivity contribution in [3.05, 3.63) is 36.0 Å². The summed E-state index contributed by atoms with van der Waals surface area (Å²) in [6.45, 7) is 6.76. The molecule has 1 rings (SSSR count). The fourth-order valence-electron chi connectivity index (χ4n) is 1.15. The Morgan fingerprint density at radius 3 is 1.93 bits per heavy atom. The number of allylic oxidation sites excluding steroid dienone is 3. The quantitative estimate of drug-likeness (QED) is 0.481. The molecule has 0 aromatic rings. The topological polar surface area (TPSA) is 0 Å². The molecule has 0 fully saturated rings. The molecule has 0 saturated carbocycles. The Morgan fingerprint density at radius 1 is 1.07 bits per heavy atom. The normalized spacial score (nSPS) is 12.3. The molecule has 0 aromatic heterocycles. The van der Waals surface area contributed by atoms with Crippen molar-refractivity contribution in [2.24, 2.45) is 5.41 Å². The van der Waals surface area contributed by atoms with E-state index in [0.717, 1.165) is 6.42 Å². The van der Waals surface area contributed by atoms with Crippen LogP contribution in [0.15, 0.2) is 29.5 Å². The van der Waals surface area contributed by atoms with Crippen LogP contribution in [0.2, 0.25) is 0 Å². The zero-order valence-electron chi connectivity index (χ0n) is 8.02. The Kier molecular flexibility index (Phi) is 17.2. The first-order valence-corrected chi connectivity index (χ1v) is 4.03. The van der Waals surface area contributed by atoms with Gasteiger partial charge in [0, 0.05) is 30.3 Å². The first kappa shape index (κ1) is 24.3. The number of hydrogen-bond donors (Lipinski definition) is 0. The molecule has 0 amide bonds. The SMILES string of the molecule is C.C.C.CC(C)(C)CC1=CC=C=C[CH]1.[Sn]. The van der Waals surface area contributed by atoms with Gasteiger partial charge in [0.1, 0.15) is 0 Å². The molecule has 0 spiro atoms. The van der Waals surface area contributed by atoms with Crippen LogP contribution < -0.4 is 0 Å². The van der Waals surface area contributed by atoms with E-state index in [4.69, 9.17) is 0 Å². The molecule has 15 heavy (non-hydrogen) atoms. The van der Waals surface area contributed by atoms with Gasteiger partial charge in [0.25, 0.3) is 0 Å². The summed E-state index contributed by atoms with van der Waals surface area (Å²) in [6.07, 6.45) is 9.35. The van der Waals surface area contributed by atoms with Crippen molar-refractivity contribution in [3.8, 4) is 0 Å². The summed E-state index contributed by atoms with van der Waals surface area (Å²) in [5, 5.41) is 0. The smallest absolute Gasteiger partial charge is 0.0163 e. The molecule has 5 radical (unpaired) electrons. The van der Waals surface area contributed by atoms with Crippen molar-refractivity contribution in [2.75, 3.05) is 0 Å². The van der Waals surface area contributed by atoms with Crippen molar-refractivity contribution in [3.63, 3.8) is 0 Å². The zero-order valence-corrected chi connectivity index (χ0v) is 10.9. The molecule has 0 bridgehead atoms. The van der Waals surface area contributed by atoms with Crippen molar-refractivity contribution >= 4 is 23.9 Å². The molecule has 0 atom stereocenters. The van der Waals surface area contributed by atoms with Gasteiger partial charge >= 0.3 is 0 Å². The Labute approximate surface area is 115 Å². The van der Waals surface area contributed by atoms with Crippen LogP contribution >= 0.6 is 0 Å². The van der Waals surface area contributed by atoms with Gasteiger partial charge in [-0.2, -0.15) is 0 Å². The fourth-order valence-corrected chi connectivity index (χ4v) is 1.15. The molecule has 1 aliphatic rings. The van der Waals surface area contributed by atoms with E-state index in [9.17, 15) is 0 Å². The molecule has 0 saturated heterocycles. The fraction of sp³-hybridized carbons (Fsp3) is 0.571. The molecule has 0 unspecified atom stereocenters. The third-order valence-corrected chi connectivity index (χ3v) is 1.52. The van der Waals surface area contributed by atoms with E-state index in [2.05, 4.69) is 39.0 Å². The number of hydrogen-bond acceptors (Lipinski definition) is 0. The summed E-state index contributed by atoms with van der Waals surface area (Å²) in [5.74, 6) is 0. The van der Waals surface area contributed by atoms with Crippen LogP contribution in [0, 0.1) is 11.8 Å². The summed E-state index contributed by atoms with van der Waals surface area (Å²) in [5.41, 5.74) is 4.81. The molecule has 0 aliphatic heterocycles. The maximum absolute atomic E-state index is 3.02. The second-order valence-electron chi connectivity index (χ2n) is 4.15. The standard InChI is InChI=1S/C11H15.3CH4.Sn/c1-11(2,3)9-10-7-5-4-6-8-10;;;;/h5-8H,9H2,1-3H3;3*1H4;. The van der Waals surface area contributed by atoms with E-state index in [0.29, 0.717) is 5.41 Å². The minimum atomic E-state index is 0. The van der Waals surface area contributed by atoms with E-state index in [1.807, 2.05) is 12.2 Å². The summed E-state index contributed by atoms with van der Waals surface area (Å²) >= 11 is 0. The van der Waals surface area contributed by atoms with E-state index in [1.54, 1.807) is 0 Å². The summed E-state index contributed by atoms with van der Waals surface area (Å²) in [4.78, 5) is 0. The van der Waals surface area contributed by atoms with Gasteiger partial charge in [-0.3, -0.25) is 0 Å². The molecule has 0 N–H and O–H groups in total. The summed E-state index contributed by atoms with van der Waals surface area (Å²) in [6, 6.07) is 0. The van der Waals surface area contributed by atoms with E-state index in [-0.39, 0.29) is 46.2 Å². The van der Waals surface area contributed by atoms with E-state index in [1.165, 1.54) is 5.57 Å². The van der Waals surface area contributed by atoms with Gasteiger partial charge in [0.05, 0.1) is 0 Å². The minimum Gasteiger partial charge on any atom is -0.125 e. The van der Waals surface area contributed by atoms with Crippen LogP contribution in [0.5, 0.6) is 0 Å². The first-order chi connectivity index (χ1) is 5.08. The van der Waals surface area contributed by atoms with Crippen molar-refractivity contribution in [1.29, 1.82) is 0 Å². The average Bonchev–Trinajstić information content (AvgIpc) is 1.85. The molecule has 87 valence electrons. The van der Waals surface area contributed by atoms with Crippen molar-refractivity contribution < 1.29 is 0 Å². The van der Waals surface area contributed by atoms with Crippen LogP contribution in [0.3, 0.4) is 0 Å². The molecular formula is C14H27Sn. The Bertz CT molecular complexity index is 222. The Balaban J connectivity index is -0.000000151. The molecular weight excluding hydrogens is 287 g/mol. The van der Waals surface area contributed by atoms with Crippen molar-refractivity contribution in [1.82, 2.24) is 0 Å². The third-order valence-electron chi connectivity index (χ3n) is 1.52. The summed E-state index contributed by atoms with van der Waals surface area (Å²) in [7, 11) is 0. The summed E-state index contributed by atoms with van der Waals surface area (Å²) < 4.78 is 0. The molecule has 1 heteroatoms. The average molecular weight is 314 g/mol. The second-order valence-corrected chi connectivity index (χ2v) is 4.15. The Hall–Kier alpha value is 0.0587. The predicted molar refractivity (Wildman–Crippen MR) is 75.1 cm³/mol. The van der Waals surface area contributed by atoms with Crippen LogP contribution in [-0.4, -0.2) is 23.9 Å². The van der Waals surface area contributed by atoms with E-state index >= 15 is 0 Å². The maximum Gasteiger partial charge on any atom is 0.0163 e. The van der Waals surface area contributed by atoms with Gasteiger partial charge in [0.15, 0.2) is 0 Å². The second kappa shape index (κ2) is 10.6. The monoisotopic (exact) mass is 315 g/mol. The molecule has 0 nitrogen and oxygen atoms in total. The van der Waals surface area contributed by atoms with E-state index < -0.39 is 0 Å². The van der Waals surface area contributed by atoms with Gasteiger partial charge in [-0.15, -0.1) is 5.73 Å². The van der Waals surface area contributed by atoms with Gasteiger partial charge in [-0.25, -0.2) is 0 Å². The van der Waals surface area contributed by atoms with Crippen LogP contribution in [0.25, 0.3) is 0 Å². The molecule has 0 aromatic carbocycles. The molecule has 0 heterocycles. The largest absolute Gasteiger partial charge is 0.125 e. The van der Waals surface area contributed by atoms with Gasteiger partial charge < -0.3 is 0 Å². The third kappa shape index (κ3) is 12.0. The van der Waals surface area contributed by atoms with Gasteiger partial charge in [-0.05, 0) is 24.0 Å². The van der Waals surface area contributed by atoms with Gasteiger partial charge in [-0.1, -0.05) is 54.7 Å². The first-order valence-electron chi connectivity index (χ1n) is 4.03. The van der Waals surface area contributed by atoms with Crippen LogP contribution in [0.4, 0.5) is 0 Å². The van der Waals surface area contributed by atoms with Crippen LogP contribution in [0.1, 0.15) is 49.5 Å².